The monoisotopic (exact) mass is 671 g/mol. The SMILES string of the molecule is CCCc1ccc(-n2c3ccc(CCn4c5ccccc5c5ccccc54)cc3c3cc(CCn4c5ccccc5c5ccccc54)ccc32)cc1. The Morgan fingerprint density at radius 3 is 1.13 bits per heavy atom. The van der Waals surface area contributed by atoms with E-state index < -0.39 is 0 Å². The fourth-order valence-electron chi connectivity index (χ4n) is 8.78. The number of hydrogen-bond acceptors (Lipinski definition) is 0. The maximum Gasteiger partial charge on any atom is 0.0541 e. The van der Waals surface area contributed by atoms with Gasteiger partial charge in [0.05, 0.1) is 11.0 Å². The second kappa shape index (κ2) is 12.6. The minimum absolute atomic E-state index is 0.932. The number of aromatic nitrogens is 3. The van der Waals surface area contributed by atoms with Crippen LogP contribution in [0.5, 0.6) is 0 Å². The van der Waals surface area contributed by atoms with Gasteiger partial charge in [0.1, 0.15) is 0 Å². The molecule has 0 saturated heterocycles. The van der Waals surface area contributed by atoms with Crippen molar-refractivity contribution in [1.82, 2.24) is 13.7 Å². The molecule has 0 amide bonds. The lowest BCUT2D eigenvalue weighted by atomic mass is 10.0. The smallest absolute Gasteiger partial charge is 0.0541 e. The highest BCUT2D eigenvalue weighted by atomic mass is 15.0. The molecule has 0 N–H and O–H groups in total. The van der Waals surface area contributed by atoms with E-state index in [1.165, 1.54) is 87.8 Å². The number of fused-ring (bicyclic) bond motifs is 9. The zero-order chi connectivity index (χ0) is 34.6. The van der Waals surface area contributed by atoms with Crippen LogP contribution in [0.15, 0.2) is 158 Å². The minimum atomic E-state index is 0.932. The van der Waals surface area contributed by atoms with Gasteiger partial charge in [-0.15, -0.1) is 0 Å². The van der Waals surface area contributed by atoms with Gasteiger partial charge in [-0.05, 0) is 96.6 Å². The van der Waals surface area contributed by atoms with Gasteiger partial charge in [-0.2, -0.15) is 0 Å². The van der Waals surface area contributed by atoms with Crippen LogP contribution in [-0.4, -0.2) is 13.7 Å². The molecule has 0 aliphatic heterocycles. The number of aryl methyl sites for hydroxylation is 5. The van der Waals surface area contributed by atoms with E-state index >= 15 is 0 Å². The van der Waals surface area contributed by atoms with Crippen LogP contribution in [0.1, 0.15) is 30.0 Å². The molecule has 7 aromatic carbocycles. The number of hydrogen-bond donors (Lipinski definition) is 0. The maximum atomic E-state index is 2.50. The Bertz CT molecular complexity index is 2630. The summed E-state index contributed by atoms with van der Waals surface area (Å²) in [5.41, 5.74) is 13.1. The molecule has 0 aliphatic rings. The first-order chi connectivity index (χ1) is 25.7. The summed E-state index contributed by atoms with van der Waals surface area (Å²) in [4.78, 5) is 0. The molecule has 10 rings (SSSR count). The quantitative estimate of drug-likeness (QED) is 0.145. The van der Waals surface area contributed by atoms with Crippen LogP contribution in [0.4, 0.5) is 0 Å². The van der Waals surface area contributed by atoms with E-state index in [0.717, 1.165) is 38.8 Å². The summed E-state index contributed by atoms with van der Waals surface area (Å²) >= 11 is 0. The van der Waals surface area contributed by atoms with Crippen LogP contribution < -0.4 is 0 Å². The average Bonchev–Trinajstić information content (AvgIpc) is 3.82. The van der Waals surface area contributed by atoms with Gasteiger partial charge in [0.2, 0.25) is 0 Å². The Morgan fingerprint density at radius 2 is 0.731 bits per heavy atom. The maximum absolute atomic E-state index is 2.50. The van der Waals surface area contributed by atoms with E-state index in [2.05, 4.69) is 178 Å². The van der Waals surface area contributed by atoms with E-state index in [4.69, 9.17) is 0 Å². The van der Waals surface area contributed by atoms with E-state index in [-0.39, 0.29) is 0 Å². The normalized spacial score (nSPS) is 12.0. The first kappa shape index (κ1) is 30.7. The molecule has 252 valence electrons. The Balaban J connectivity index is 1.05. The van der Waals surface area contributed by atoms with Crippen molar-refractivity contribution >= 4 is 65.4 Å². The fourth-order valence-corrected chi connectivity index (χ4v) is 8.78. The predicted octanol–water partition coefficient (Wildman–Crippen LogP) is 12.4. The summed E-state index contributed by atoms with van der Waals surface area (Å²) in [6.07, 6.45) is 4.19. The average molecular weight is 672 g/mol. The highest BCUT2D eigenvalue weighted by molar-refractivity contribution is 6.10. The van der Waals surface area contributed by atoms with Gasteiger partial charge in [-0.1, -0.05) is 110 Å². The first-order valence-electron chi connectivity index (χ1n) is 18.8. The molecule has 10 aromatic rings. The molecule has 0 atom stereocenters. The summed E-state index contributed by atoms with van der Waals surface area (Å²) in [5.74, 6) is 0. The van der Waals surface area contributed by atoms with Crippen molar-refractivity contribution < 1.29 is 0 Å². The van der Waals surface area contributed by atoms with Gasteiger partial charge < -0.3 is 13.7 Å². The van der Waals surface area contributed by atoms with Crippen LogP contribution in [0.3, 0.4) is 0 Å². The summed E-state index contributed by atoms with van der Waals surface area (Å²) in [6.45, 7) is 4.11. The molecular weight excluding hydrogens is 631 g/mol. The molecule has 0 unspecified atom stereocenters. The van der Waals surface area contributed by atoms with Gasteiger partial charge in [-0.3, -0.25) is 0 Å². The zero-order valence-electron chi connectivity index (χ0n) is 29.6. The molecule has 52 heavy (non-hydrogen) atoms. The Morgan fingerprint density at radius 1 is 0.346 bits per heavy atom. The third-order valence-electron chi connectivity index (χ3n) is 11.2. The first-order valence-corrected chi connectivity index (χ1v) is 18.8. The lowest BCUT2D eigenvalue weighted by molar-refractivity contribution is 0.745. The van der Waals surface area contributed by atoms with Crippen molar-refractivity contribution in [1.29, 1.82) is 0 Å². The minimum Gasteiger partial charge on any atom is -0.340 e. The number of rotatable bonds is 9. The zero-order valence-corrected chi connectivity index (χ0v) is 29.6. The van der Waals surface area contributed by atoms with E-state index in [9.17, 15) is 0 Å². The third kappa shape index (κ3) is 5.03. The molecule has 3 heterocycles. The second-order valence-corrected chi connectivity index (χ2v) is 14.3. The topological polar surface area (TPSA) is 14.8 Å². The highest BCUT2D eigenvalue weighted by Gasteiger charge is 2.16. The van der Waals surface area contributed by atoms with Crippen LogP contribution in [0.2, 0.25) is 0 Å². The van der Waals surface area contributed by atoms with Crippen molar-refractivity contribution in [2.45, 2.75) is 45.7 Å². The molecular formula is C49H41N3. The van der Waals surface area contributed by atoms with E-state index in [1.807, 2.05) is 0 Å². The van der Waals surface area contributed by atoms with Crippen molar-refractivity contribution in [2.24, 2.45) is 0 Å². The van der Waals surface area contributed by atoms with Crippen molar-refractivity contribution in [2.75, 3.05) is 0 Å². The van der Waals surface area contributed by atoms with Gasteiger partial charge in [0.25, 0.3) is 0 Å². The molecule has 3 heteroatoms. The number of nitrogens with zero attached hydrogens (tertiary/aromatic N) is 3. The van der Waals surface area contributed by atoms with Gasteiger partial charge in [-0.25, -0.2) is 0 Å². The highest BCUT2D eigenvalue weighted by Crippen LogP contribution is 2.35. The molecule has 0 fully saturated rings. The summed E-state index contributed by atoms with van der Waals surface area (Å²) in [6, 6.07) is 58.8. The lowest BCUT2D eigenvalue weighted by Gasteiger charge is -2.11. The summed E-state index contributed by atoms with van der Waals surface area (Å²) < 4.78 is 7.47. The van der Waals surface area contributed by atoms with Gasteiger partial charge in [0, 0.05) is 73.2 Å². The molecule has 3 nitrogen and oxygen atoms in total. The predicted molar refractivity (Wildman–Crippen MR) is 221 cm³/mol. The Labute approximate surface area is 304 Å². The van der Waals surface area contributed by atoms with E-state index in [1.54, 1.807) is 0 Å². The molecule has 0 bridgehead atoms. The molecule has 0 spiro atoms. The van der Waals surface area contributed by atoms with Gasteiger partial charge in [0.15, 0.2) is 0 Å². The standard InChI is InChI=1S/C49H41N3/c1-2-11-34-20-24-37(25-21-34)52-48-26-22-35(28-30-50-44-16-7-3-12-38(44)39-13-4-8-17-45(39)50)32-42(48)43-33-36(23-27-49(43)52)29-31-51-46-18-9-5-14-40(46)41-15-6-10-19-47(41)51/h3-10,12-27,32-33H,2,11,28-31H2,1H3. The second-order valence-electron chi connectivity index (χ2n) is 14.3. The Kier molecular flexibility index (Phi) is 7.46. The number of benzene rings is 7. The molecule has 3 aromatic heterocycles. The van der Waals surface area contributed by atoms with Gasteiger partial charge >= 0.3 is 0 Å². The molecule has 0 aliphatic carbocycles. The third-order valence-corrected chi connectivity index (χ3v) is 11.2. The summed E-state index contributed by atoms with van der Waals surface area (Å²) in [5, 5.41) is 7.96. The summed E-state index contributed by atoms with van der Waals surface area (Å²) in [7, 11) is 0. The van der Waals surface area contributed by atoms with Crippen molar-refractivity contribution in [3.05, 3.63) is 174 Å². The fraction of sp³-hybridized carbons (Fsp3) is 0.143. The Hall–Kier alpha value is -6.06. The van der Waals surface area contributed by atoms with Crippen LogP contribution in [0, 0.1) is 0 Å². The van der Waals surface area contributed by atoms with Crippen LogP contribution in [0.25, 0.3) is 71.1 Å². The largest absolute Gasteiger partial charge is 0.340 e. The van der Waals surface area contributed by atoms with Crippen molar-refractivity contribution in [3.8, 4) is 5.69 Å². The molecule has 0 saturated carbocycles. The number of para-hydroxylation sites is 4. The van der Waals surface area contributed by atoms with Crippen LogP contribution in [-0.2, 0) is 32.4 Å². The van der Waals surface area contributed by atoms with Crippen molar-refractivity contribution in [3.63, 3.8) is 0 Å². The van der Waals surface area contributed by atoms with Crippen LogP contribution >= 0.6 is 0 Å². The van der Waals surface area contributed by atoms with E-state index in [0.29, 0.717) is 0 Å². The lowest BCUT2D eigenvalue weighted by Crippen LogP contribution is -2.01. The molecule has 0 radical (unpaired) electrons.